The SMILES string of the molecule is COC(CNC(=O)OCC1c2ccccc2-c2ccccc21)CC(=O)N1CC[C@@H]2C(C(=O)O)[C@@H]2C1. The summed E-state index contributed by atoms with van der Waals surface area (Å²) in [6.45, 7) is 1.42. The molecule has 1 aliphatic heterocycles. The van der Waals surface area contributed by atoms with Gasteiger partial charge in [0, 0.05) is 32.7 Å². The van der Waals surface area contributed by atoms with Crippen molar-refractivity contribution in [2.75, 3.05) is 33.4 Å². The number of aliphatic carboxylic acids is 1. The van der Waals surface area contributed by atoms with Gasteiger partial charge in [0.2, 0.25) is 5.91 Å². The Balaban J connectivity index is 1.10. The molecule has 2 amide bonds. The number of likely N-dealkylation sites (tertiary alicyclic amines) is 1. The third-order valence-corrected chi connectivity index (χ3v) is 7.69. The number of carboxylic acid groups (broad SMARTS) is 1. The number of carbonyl (C=O) groups is 3. The highest BCUT2D eigenvalue weighted by Gasteiger charge is 2.57. The first-order chi connectivity index (χ1) is 17.0. The van der Waals surface area contributed by atoms with E-state index < -0.39 is 18.2 Å². The number of hydrogen-bond donors (Lipinski definition) is 2. The van der Waals surface area contributed by atoms with Gasteiger partial charge in [0.25, 0.3) is 0 Å². The number of nitrogens with zero attached hydrogens (tertiary/aromatic N) is 1. The zero-order valence-corrected chi connectivity index (χ0v) is 19.7. The molecule has 2 N–H and O–H groups in total. The standard InChI is InChI=1S/C27H30N2O6/c1-34-16(12-24(30)29-11-10-21-22(14-29)25(21)26(31)32)13-28-27(33)35-15-23-19-8-4-2-6-17(19)18-7-3-5-9-20(18)23/h2-9,16,21-23,25H,10-15H2,1H3,(H,28,33)(H,31,32)/t16?,21-,22+,25?/m0/s1. The lowest BCUT2D eigenvalue weighted by Crippen LogP contribution is -2.41. The first-order valence-corrected chi connectivity index (χ1v) is 12.1. The Labute approximate surface area is 204 Å². The quantitative estimate of drug-likeness (QED) is 0.604. The van der Waals surface area contributed by atoms with Crippen molar-refractivity contribution in [2.24, 2.45) is 17.8 Å². The summed E-state index contributed by atoms with van der Waals surface area (Å²) in [6, 6.07) is 16.3. The van der Waals surface area contributed by atoms with E-state index >= 15 is 0 Å². The zero-order chi connectivity index (χ0) is 24.5. The normalized spacial score (nSPS) is 23.0. The Kier molecular flexibility index (Phi) is 6.47. The number of benzene rings is 2. The molecule has 0 radical (unpaired) electrons. The second kappa shape index (κ2) is 9.70. The minimum absolute atomic E-state index is 0.0204. The maximum atomic E-state index is 12.7. The molecule has 3 aliphatic rings. The van der Waals surface area contributed by atoms with E-state index in [1.165, 1.54) is 18.2 Å². The Bertz CT molecular complexity index is 1090. The van der Waals surface area contributed by atoms with Crippen molar-refractivity contribution >= 4 is 18.0 Å². The number of carbonyl (C=O) groups excluding carboxylic acids is 2. The predicted molar refractivity (Wildman–Crippen MR) is 128 cm³/mol. The van der Waals surface area contributed by atoms with Crippen LogP contribution < -0.4 is 5.32 Å². The second-order valence-corrected chi connectivity index (χ2v) is 9.59. The second-order valence-electron chi connectivity index (χ2n) is 9.59. The van der Waals surface area contributed by atoms with Crippen molar-refractivity contribution in [3.8, 4) is 11.1 Å². The summed E-state index contributed by atoms with van der Waals surface area (Å²) in [6.07, 6.45) is -0.196. The van der Waals surface area contributed by atoms with Crippen LogP contribution in [0, 0.1) is 17.8 Å². The molecule has 2 aromatic rings. The molecule has 2 fully saturated rings. The van der Waals surface area contributed by atoms with E-state index in [0.717, 1.165) is 17.5 Å². The molecule has 1 heterocycles. The fourth-order valence-electron chi connectivity index (χ4n) is 5.74. The van der Waals surface area contributed by atoms with Crippen molar-refractivity contribution in [3.05, 3.63) is 59.7 Å². The van der Waals surface area contributed by atoms with E-state index in [4.69, 9.17) is 9.47 Å². The number of methoxy groups -OCH3 is 1. The van der Waals surface area contributed by atoms with Crippen LogP contribution in [0.15, 0.2) is 48.5 Å². The molecule has 5 rings (SSSR count). The number of piperidine rings is 1. The first kappa shape index (κ1) is 23.4. The lowest BCUT2D eigenvalue weighted by atomic mass is 9.98. The molecule has 4 atom stereocenters. The van der Waals surface area contributed by atoms with Crippen LogP contribution in [0.4, 0.5) is 4.79 Å². The van der Waals surface area contributed by atoms with Crippen LogP contribution in [0.1, 0.15) is 29.9 Å². The number of amides is 2. The highest BCUT2D eigenvalue weighted by atomic mass is 16.5. The number of rotatable bonds is 8. The molecule has 1 saturated heterocycles. The highest BCUT2D eigenvalue weighted by molar-refractivity contribution is 5.80. The van der Waals surface area contributed by atoms with Gasteiger partial charge in [-0.1, -0.05) is 48.5 Å². The van der Waals surface area contributed by atoms with Crippen LogP contribution in [-0.2, 0) is 19.1 Å². The number of carboxylic acids is 1. The van der Waals surface area contributed by atoms with E-state index in [0.29, 0.717) is 13.1 Å². The minimum Gasteiger partial charge on any atom is -0.481 e. The number of hydrogen-bond acceptors (Lipinski definition) is 5. The van der Waals surface area contributed by atoms with E-state index in [9.17, 15) is 19.5 Å². The van der Waals surface area contributed by atoms with Crippen molar-refractivity contribution in [1.29, 1.82) is 0 Å². The number of nitrogens with one attached hydrogen (secondary N) is 1. The summed E-state index contributed by atoms with van der Waals surface area (Å²) in [5.74, 6) is -0.929. The zero-order valence-electron chi connectivity index (χ0n) is 19.7. The van der Waals surface area contributed by atoms with Gasteiger partial charge in [-0.3, -0.25) is 9.59 Å². The van der Waals surface area contributed by atoms with Gasteiger partial charge in [-0.2, -0.15) is 0 Å². The molecule has 2 aromatic carbocycles. The number of ether oxygens (including phenoxy) is 2. The van der Waals surface area contributed by atoms with Crippen molar-refractivity contribution < 1.29 is 29.0 Å². The fraction of sp³-hybridized carbons (Fsp3) is 0.444. The maximum absolute atomic E-state index is 12.7. The van der Waals surface area contributed by atoms with Crippen LogP contribution in [0.3, 0.4) is 0 Å². The number of fused-ring (bicyclic) bond motifs is 4. The minimum atomic E-state index is -0.767. The predicted octanol–water partition coefficient (Wildman–Crippen LogP) is 3.11. The molecule has 0 bridgehead atoms. The van der Waals surface area contributed by atoms with Gasteiger partial charge < -0.3 is 24.8 Å². The average molecular weight is 479 g/mol. The average Bonchev–Trinajstić information content (AvgIpc) is 3.52. The highest BCUT2D eigenvalue weighted by Crippen LogP contribution is 2.51. The van der Waals surface area contributed by atoms with Gasteiger partial charge in [0.05, 0.1) is 18.4 Å². The Hall–Kier alpha value is -3.39. The molecule has 2 aliphatic carbocycles. The van der Waals surface area contributed by atoms with Crippen LogP contribution in [0.5, 0.6) is 0 Å². The molecular formula is C27H30N2O6. The van der Waals surface area contributed by atoms with Crippen LogP contribution in [-0.4, -0.2) is 67.4 Å². The van der Waals surface area contributed by atoms with E-state index in [1.54, 1.807) is 4.90 Å². The third kappa shape index (κ3) is 4.62. The maximum Gasteiger partial charge on any atom is 0.407 e. The smallest absolute Gasteiger partial charge is 0.407 e. The molecule has 0 spiro atoms. The molecule has 0 aromatic heterocycles. The number of alkyl carbamates (subject to hydrolysis) is 1. The van der Waals surface area contributed by atoms with Gasteiger partial charge in [-0.15, -0.1) is 0 Å². The largest absolute Gasteiger partial charge is 0.481 e. The van der Waals surface area contributed by atoms with Crippen molar-refractivity contribution in [3.63, 3.8) is 0 Å². The Morgan fingerprint density at radius 1 is 1.06 bits per heavy atom. The van der Waals surface area contributed by atoms with Crippen molar-refractivity contribution in [1.82, 2.24) is 10.2 Å². The third-order valence-electron chi connectivity index (χ3n) is 7.69. The Morgan fingerprint density at radius 3 is 2.34 bits per heavy atom. The molecular weight excluding hydrogens is 448 g/mol. The van der Waals surface area contributed by atoms with Crippen LogP contribution in [0.25, 0.3) is 11.1 Å². The molecule has 8 heteroatoms. The first-order valence-electron chi connectivity index (χ1n) is 12.1. The molecule has 35 heavy (non-hydrogen) atoms. The topological polar surface area (TPSA) is 105 Å². The lowest BCUT2D eigenvalue weighted by Gasteiger charge is -2.28. The molecule has 8 nitrogen and oxygen atoms in total. The molecule has 184 valence electrons. The van der Waals surface area contributed by atoms with Crippen molar-refractivity contribution in [2.45, 2.75) is 24.9 Å². The van der Waals surface area contributed by atoms with Gasteiger partial charge in [0.1, 0.15) is 6.61 Å². The fourth-order valence-corrected chi connectivity index (χ4v) is 5.74. The summed E-state index contributed by atoms with van der Waals surface area (Å²) in [7, 11) is 1.50. The van der Waals surface area contributed by atoms with Gasteiger partial charge in [-0.05, 0) is 40.5 Å². The Morgan fingerprint density at radius 2 is 1.71 bits per heavy atom. The van der Waals surface area contributed by atoms with Crippen LogP contribution >= 0.6 is 0 Å². The summed E-state index contributed by atoms with van der Waals surface area (Å²) in [5.41, 5.74) is 4.62. The summed E-state index contributed by atoms with van der Waals surface area (Å²) < 4.78 is 11.0. The van der Waals surface area contributed by atoms with Gasteiger partial charge in [-0.25, -0.2) is 4.79 Å². The lowest BCUT2D eigenvalue weighted by molar-refractivity contribution is -0.139. The molecule has 2 unspecified atom stereocenters. The van der Waals surface area contributed by atoms with Gasteiger partial charge >= 0.3 is 12.1 Å². The summed E-state index contributed by atoms with van der Waals surface area (Å²) >= 11 is 0. The summed E-state index contributed by atoms with van der Waals surface area (Å²) in [5, 5.41) is 12.0. The van der Waals surface area contributed by atoms with E-state index in [2.05, 4.69) is 29.6 Å². The van der Waals surface area contributed by atoms with Gasteiger partial charge in [0.15, 0.2) is 0 Å². The van der Waals surface area contributed by atoms with Crippen LogP contribution in [0.2, 0.25) is 0 Å². The monoisotopic (exact) mass is 478 g/mol. The van der Waals surface area contributed by atoms with E-state index in [1.807, 2.05) is 24.3 Å². The molecule has 1 saturated carbocycles. The van der Waals surface area contributed by atoms with E-state index in [-0.39, 0.29) is 49.2 Å². The summed E-state index contributed by atoms with van der Waals surface area (Å²) in [4.78, 5) is 38.2.